The maximum absolute atomic E-state index is 13.4. The van der Waals surface area contributed by atoms with E-state index in [1.54, 1.807) is 56.4 Å². The average molecular weight is 983 g/mol. The summed E-state index contributed by atoms with van der Waals surface area (Å²) in [6.07, 6.45) is 6.70. The van der Waals surface area contributed by atoms with Gasteiger partial charge in [0.05, 0.1) is 49.0 Å². The highest BCUT2D eigenvalue weighted by atomic mass is 32.2. The molecule has 3 aromatic carbocycles. The molecule has 0 atom stereocenters. The Hall–Kier alpha value is -6.51. The molecule has 0 radical (unpaired) electrons. The first kappa shape index (κ1) is 52.9. The van der Waals surface area contributed by atoms with Crippen LogP contribution >= 0.6 is 11.8 Å². The van der Waals surface area contributed by atoms with Crippen molar-refractivity contribution >= 4 is 45.6 Å². The number of aromatic nitrogens is 3. The third-order valence-corrected chi connectivity index (χ3v) is 12.8. The molecule has 0 bridgehead atoms. The van der Waals surface area contributed by atoms with Crippen LogP contribution in [-0.4, -0.2) is 91.5 Å². The molecular weight excluding hydrogens is 918 g/mol. The fraction of sp³-hybridized carbons (Fsp3) is 0.415. The molecule has 13 nitrogen and oxygen atoms in total. The first-order valence-electron chi connectivity index (χ1n) is 23.7. The van der Waals surface area contributed by atoms with Crippen LogP contribution in [0, 0.1) is 25.7 Å². The lowest BCUT2D eigenvalue weighted by Gasteiger charge is -2.20. The van der Waals surface area contributed by atoms with Crippen LogP contribution in [0.15, 0.2) is 88.4 Å². The van der Waals surface area contributed by atoms with Gasteiger partial charge in [-0.05, 0) is 132 Å². The number of carbonyl (C=O) groups is 1. The number of methoxy groups -OCH3 is 2. The highest BCUT2D eigenvalue weighted by molar-refractivity contribution is 7.99. The zero-order valence-corrected chi connectivity index (χ0v) is 41.6. The standard InChI is InChI=1S/C47H52F3N7O5S.C6H13N/c1-31-45(32(2)62-56-31)34-24-41(46(60-4)55-28-34)54-27-33-13-10-15-36(23-33)61-29-44(58)53-20-8-6-5-7-9-22-63-37-18-19-40(43(26-37)59-3)52-21-12-14-35-25-38-39(51)16-11-17-42(38)57(35)30-47(48,49)50;1-7-5-3-2-4-6-7/h10-11,13,15-19,23-26,28,52,54H,5-9,20-22,27,29-30,51H2,1-4H3,(H,53,58);2-6H2,1H3. The van der Waals surface area contributed by atoms with Crippen molar-refractivity contribution in [2.75, 3.05) is 76.2 Å². The van der Waals surface area contributed by atoms with Crippen LogP contribution in [0.4, 0.5) is 30.2 Å². The van der Waals surface area contributed by atoms with Crippen LogP contribution < -0.4 is 35.9 Å². The van der Waals surface area contributed by atoms with Crippen LogP contribution in [0.1, 0.15) is 74.1 Å². The number of nitrogens with one attached hydrogen (secondary N) is 3. The van der Waals surface area contributed by atoms with E-state index < -0.39 is 12.7 Å². The molecule has 4 heterocycles. The number of anilines is 3. The third-order valence-electron chi connectivity index (χ3n) is 11.7. The van der Waals surface area contributed by atoms with Crippen molar-refractivity contribution in [1.82, 2.24) is 24.9 Å². The number of hydrogen-bond acceptors (Lipinski definition) is 12. The second-order valence-electron chi connectivity index (χ2n) is 17.1. The number of nitrogen functional groups attached to an aromatic ring is 1. The van der Waals surface area contributed by atoms with Crippen LogP contribution in [0.25, 0.3) is 22.0 Å². The Morgan fingerprint density at radius 3 is 2.43 bits per heavy atom. The summed E-state index contributed by atoms with van der Waals surface area (Å²) >= 11 is 1.75. The highest BCUT2D eigenvalue weighted by Gasteiger charge is 2.30. The van der Waals surface area contributed by atoms with E-state index in [0.29, 0.717) is 52.8 Å². The number of piperidine rings is 1. The SMILES string of the molecule is CN1CCCCC1.COc1cc(SCCCCCCCNC(=O)COc2cccc(CNc3cc(-c4c(C)noc4C)cnc3OC)c2)ccc1NCC#Cc1cc2c(N)cccc2n1CC(F)(F)F. The summed E-state index contributed by atoms with van der Waals surface area (Å²) in [4.78, 5) is 20.4. The van der Waals surface area contributed by atoms with E-state index in [4.69, 9.17) is 24.5 Å². The number of rotatable bonds is 21. The molecule has 374 valence electrons. The molecule has 70 heavy (non-hydrogen) atoms. The Kier molecular flexibility index (Phi) is 20.0. The van der Waals surface area contributed by atoms with E-state index in [9.17, 15) is 18.0 Å². The van der Waals surface area contributed by atoms with Crippen LogP contribution in [0.2, 0.25) is 0 Å². The number of aryl methyl sites for hydroxylation is 2. The molecule has 17 heteroatoms. The number of likely N-dealkylation sites (tertiary alicyclic amines) is 1. The number of unbranched alkanes of at least 4 members (excludes halogenated alkanes) is 4. The van der Waals surface area contributed by atoms with Crippen molar-refractivity contribution in [3.8, 4) is 40.3 Å². The van der Waals surface area contributed by atoms with E-state index >= 15 is 0 Å². The number of nitrogens with zero attached hydrogens (tertiary/aromatic N) is 4. The summed E-state index contributed by atoms with van der Waals surface area (Å²) in [5.74, 6) is 9.04. The quantitative estimate of drug-likeness (QED) is 0.0235. The molecule has 6 aromatic rings. The molecule has 1 amide bonds. The molecule has 1 aliphatic rings. The zero-order valence-electron chi connectivity index (χ0n) is 40.8. The molecule has 7 rings (SSSR count). The number of nitrogens with two attached hydrogens (primary N) is 1. The number of alkyl halides is 3. The first-order valence-corrected chi connectivity index (χ1v) is 24.7. The lowest BCUT2D eigenvalue weighted by atomic mass is 10.1. The lowest BCUT2D eigenvalue weighted by Crippen LogP contribution is -2.29. The largest absolute Gasteiger partial charge is 0.495 e. The Balaban J connectivity index is 0.00000105. The predicted octanol–water partition coefficient (Wildman–Crippen LogP) is 10.9. The number of ether oxygens (including phenoxy) is 3. The van der Waals surface area contributed by atoms with Gasteiger partial charge in [0.1, 0.15) is 23.8 Å². The van der Waals surface area contributed by atoms with Gasteiger partial charge in [-0.25, -0.2) is 4.98 Å². The van der Waals surface area contributed by atoms with Crippen molar-refractivity contribution in [2.45, 2.75) is 89.4 Å². The number of benzene rings is 3. The number of thioether (sulfide) groups is 1. The number of amides is 1. The maximum atomic E-state index is 13.4. The van der Waals surface area contributed by atoms with Crippen LogP contribution in [0.3, 0.4) is 0 Å². The summed E-state index contributed by atoms with van der Waals surface area (Å²) < 4.78 is 63.4. The molecule has 3 aromatic heterocycles. The summed E-state index contributed by atoms with van der Waals surface area (Å²) in [5, 5.41) is 14.1. The monoisotopic (exact) mass is 982 g/mol. The van der Waals surface area contributed by atoms with Gasteiger partial charge in [-0.2, -0.15) is 13.2 Å². The van der Waals surface area contributed by atoms with Gasteiger partial charge in [0, 0.05) is 46.4 Å². The molecule has 0 unspecified atom stereocenters. The summed E-state index contributed by atoms with van der Waals surface area (Å²) in [5.41, 5.74) is 12.0. The van der Waals surface area contributed by atoms with Gasteiger partial charge in [-0.15, -0.1) is 11.8 Å². The predicted molar refractivity (Wildman–Crippen MR) is 274 cm³/mol. The van der Waals surface area contributed by atoms with Gasteiger partial charge in [0.15, 0.2) is 6.61 Å². The smallest absolute Gasteiger partial charge is 0.406 e. The van der Waals surface area contributed by atoms with Gasteiger partial charge >= 0.3 is 6.18 Å². The van der Waals surface area contributed by atoms with Crippen molar-refractivity contribution in [3.05, 3.63) is 102 Å². The van der Waals surface area contributed by atoms with E-state index in [2.05, 4.69) is 49.9 Å². The fourth-order valence-corrected chi connectivity index (χ4v) is 9.02. The number of fused-ring (bicyclic) bond motifs is 1. The van der Waals surface area contributed by atoms with Crippen LogP contribution in [0.5, 0.6) is 17.4 Å². The minimum absolute atomic E-state index is 0.0706. The Bertz CT molecular complexity index is 2670. The second kappa shape index (κ2) is 26.5. The molecule has 5 N–H and O–H groups in total. The van der Waals surface area contributed by atoms with Crippen LogP contribution in [-0.2, 0) is 17.9 Å². The zero-order chi connectivity index (χ0) is 49.9. The van der Waals surface area contributed by atoms with Gasteiger partial charge < -0.3 is 49.9 Å². The molecule has 1 aliphatic heterocycles. The normalized spacial score (nSPS) is 12.6. The molecule has 0 saturated carbocycles. The van der Waals surface area contributed by atoms with Crippen molar-refractivity contribution in [3.63, 3.8) is 0 Å². The summed E-state index contributed by atoms with van der Waals surface area (Å²) in [7, 11) is 5.36. The Morgan fingerprint density at radius 1 is 0.914 bits per heavy atom. The van der Waals surface area contributed by atoms with Gasteiger partial charge in [-0.3, -0.25) is 4.79 Å². The van der Waals surface area contributed by atoms with E-state index in [0.717, 1.165) is 81.1 Å². The fourth-order valence-electron chi connectivity index (χ4n) is 8.09. The summed E-state index contributed by atoms with van der Waals surface area (Å²) in [6, 6.07) is 21.9. The Morgan fingerprint density at radius 2 is 1.70 bits per heavy atom. The third kappa shape index (κ3) is 16.0. The second-order valence-corrected chi connectivity index (χ2v) is 18.3. The Labute approximate surface area is 413 Å². The highest BCUT2D eigenvalue weighted by Crippen LogP contribution is 2.34. The van der Waals surface area contributed by atoms with Crippen molar-refractivity contribution < 1.29 is 36.7 Å². The van der Waals surface area contributed by atoms with Gasteiger partial charge in [0.25, 0.3) is 5.91 Å². The number of halogens is 3. The van der Waals surface area contributed by atoms with E-state index in [1.165, 1.54) is 32.4 Å². The molecular formula is C53H65F3N8O5S. The molecule has 1 fully saturated rings. The van der Waals surface area contributed by atoms with E-state index in [1.807, 2.05) is 62.4 Å². The molecule has 0 spiro atoms. The minimum Gasteiger partial charge on any atom is -0.495 e. The number of carbonyl (C=O) groups excluding carboxylic acids is 1. The average Bonchev–Trinajstić information content (AvgIpc) is 3.88. The summed E-state index contributed by atoms with van der Waals surface area (Å²) in [6.45, 7) is 6.45. The molecule has 1 saturated heterocycles. The van der Waals surface area contributed by atoms with Crippen molar-refractivity contribution in [2.24, 2.45) is 0 Å². The number of hydrogen-bond donors (Lipinski definition) is 4. The topological polar surface area (TPSA) is 154 Å². The van der Waals surface area contributed by atoms with Gasteiger partial charge in [0.2, 0.25) is 5.88 Å². The maximum Gasteiger partial charge on any atom is 0.406 e. The van der Waals surface area contributed by atoms with E-state index in [-0.39, 0.29) is 24.8 Å². The first-order chi connectivity index (χ1) is 33.8. The number of pyridine rings is 1. The molecule has 0 aliphatic carbocycles. The van der Waals surface area contributed by atoms with Gasteiger partial charge in [-0.1, -0.05) is 55.0 Å². The van der Waals surface area contributed by atoms with Crippen molar-refractivity contribution in [1.29, 1.82) is 0 Å². The lowest BCUT2D eigenvalue weighted by molar-refractivity contribution is -0.140. The minimum atomic E-state index is -4.41.